The van der Waals surface area contributed by atoms with Gasteiger partial charge in [-0.05, 0) is 49.5 Å². The van der Waals surface area contributed by atoms with Gasteiger partial charge in [-0.15, -0.1) is 0 Å². The Hall–Kier alpha value is -3.07. The first-order chi connectivity index (χ1) is 12.6. The van der Waals surface area contributed by atoms with Crippen molar-refractivity contribution in [2.75, 3.05) is 0 Å². The molecule has 3 heteroatoms. The first kappa shape index (κ1) is 16.4. The average molecular weight is 341 g/mol. The fourth-order valence-electron chi connectivity index (χ4n) is 3.59. The molecule has 0 radical (unpaired) electrons. The van der Waals surface area contributed by atoms with Crippen LogP contribution >= 0.6 is 0 Å². The molecule has 0 unspecified atom stereocenters. The summed E-state index contributed by atoms with van der Waals surface area (Å²) < 4.78 is 4.45. The SMILES string of the molecule is Cc1cc(-[n+]2ccccc2C)c(C)c(-[n+]2cnc3ccccc3c2C)c1. The van der Waals surface area contributed by atoms with Gasteiger partial charge < -0.3 is 0 Å². The number of hydrogen-bond acceptors (Lipinski definition) is 1. The molecule has 0 N–H and O–H groups in total. The van der Waals surface area contributed by atoms with Gasteiger partial charge in [-0.2, -0.15) is 9.13 Å². The third kappa shape index (κ3) is 2.66. The molecule has 0 aliphatic carbocycles. The lowest BCUT2D eigenvalue weighted by atomic mass is 10.1. The monoisotopic (exact) mass is 341 g/mol. The molecular weight excluding hydrogens is 318 g/mol. The van der Waals surface area contributed by atoms with Gasteiger partial charge >= 0.3 is 0 Å². The van der Waals surface area contributed by atoms with Crippen molar-refractivity contribution in [1.29, 1.82) is 0 Å². The third-order valence-electron chi connectivity index (χ3n) is 5.05. The minimum absolute atomic E-state index is 1.03. The topological polar surface area (TPSA) is 20.6 Å². The maximum Gasteiger partial charge on any atom is 0.292 e. The van der Waals surface area contributed by atoms with Crippen molar-refractivity contribution in [2.24, 2.45) is 0 Å². The molecule has 0 aliphatic heterocycles. The van der Waals surface area contributed by atoms with Crippen molar-refractivity contribution >= 4 is 10.9 Å². The molecule has 2 aromatic heterocycles. The van der Waals surface area contributed by atoms with Gasteiger partial charge in [-0.3, -0.25) is 0 Å². The maximum absolute atomic E-state index is 4.67. The minimum Gasteiger partial charge on any atom is -0.199 e. The van der Waals surface area contributed by atoms with E-state index < -0.39 is 0 Å². The number of aryl methyl sites for hydroxylation is 3. The van der Waals surface area contributed by atoms with Crippen molar-refractivity contribution in [3.63, 3.8) is 0 Å². The highest BCUT2D eigenvalue weighted by atomic mass is 15.0. The van der Waals surface area contributed by atoms with E-state index in [-0.39, 0.29) is 0 Å². The van der Waals surface area contributed by atoms with Gasteiger partial charge in [0.25, 0.3) is 6.33 Å². The van der Waals surface area contributed by atoms with E-state index in [2.05, 4.69) is 96.5 Å². The molecule has 4 rings (SSSR count). The highest BCUT2D eigenvalue weighted by Gasteiger charge is 2.21. The predicted molar refractivity (Wildman–Crippen MR) is 104 cm³/mol. The quantitative estimate of drug-likeness (QED) is 0.504. The van der Waals surface area contributed by atoms with E-state index in [4.69, 9.17) is 0 Å². The van der Waals surface area contributed by atoms with Crippen molar-refractivity contribution in [2.45, 2.75) is 27.7 Å². The Morgan fingerprint density at radius 1 is 0.769 bits per heavy atom. The Kier molecular flexibility index (Phi) is 4.00. The van der Waals surface area contributed by atoms with Crippen LogP contribution in [0.2, 0.25) is 0 Å². The molecule has 0 spiro atoms. The molecule has 2 heterocycles. The minimum atomic E-state index is 1.03. The van der Waals surface area contributed by atoms with Crippen LogP contribution < -0.4 is 9.13 Å². The first-order valence-electron chi connectivity index (χ1n) is 8.91. The number of fused-ring (bicyclic) bond motifs is 1. The summed E-state index contributed by atoms with van der Waals surface area (Å²) in [5, 5.41) is 1.18. The van der Waals surface area contributed by atoms with Crippen molar-refractivity contribution in [3.05, 3.63) is 89.6 Å². The number of pyridine rings is 1. The summed E-state index contributed by atoms with van der Waals surface area (Å²) in [5.41, 5.74) is 8.29. The van der Waals surface area contributed by atoms with Crippen LogP contribution in [0.25, 0.3) is 22.3 Å². The van der Waals surface area contributed by atoms with Gasteiger partial charge in [0.2, 0.25) is 5.69 Å². The van der Waals surface area contributed by atoms with E-state index in [0.717, 1.165) is 5.52 Å². The molecule has 26 heavy (non-hydrogen) atoms. The molecule has 0 amide bonds. The Labute approximate surface area is 154 Å². The lowest BCUT2D eigenvalue weighted by Crippen LogP contribution is -2.39. The molecular formula is C23H23N3+2. The average Bonchev–Trinajstić information content (AvgIpc) is 2.65. The Morgan fingerprint density at radius 2 is 1.46 bits per heavy atom. The number of para-hydroxylation sites is 1. The van der Waals surface area contributed by atoms with Crippen molar-refractivity contribution in [1.82, 2.24) is 4.98 Å². The first-order valence-corrected chi connectivity index (χ1v) is 8.91. The van der Waals surface area contributed by atoms with Crippen LogP contribution in [0.15, 0.2) is 67.1 Å². The Morgan fingerprint density at radius 3 is 2.23 bits per heavy atom. The maximum atomic E-state index is 4.67. The summed E-state index contributed by atoms with van der Waals surface area (Å²) in [6.45, 7) is 8.63. The van der Waals surface area contributed by atoms with E-state index in [9.17, 15) is 0 Å². The van der Waals surface area contributed by atoms with E-state index in [1.807, 2.05) is 12.4 Å². The van der Waals surface area contributed by atoms with Gasteiger partial charge in [0.05, 0.1) is 10.9 Å². The van der Waals surface area contributed by atoms with E-state index in [1.165, 1.54) is 39.3 Å². The van der Waals surface area contributed by atoms with Crippen molar-refractivity contribution < 1.29 is 9.13 Å². The normalized spacial score (nSPS) is 11.1. The van der Waals surface area contributed by atoms with Crippen molar-refractivity contribution in [3.8, 4) is 11.4 Å². The molecule has 0 aliphatic rings. The Balaban J connectivity index is 1.99. The second-order valence-electron chi connectivity index (χ2n) is 6.86. The highest BCUT2D eigenvalue weighted by Crippen LogP contribution is 2.20. The lowest BCUT2D eigenvalue weighted by molar-refractivity contribution is -0.612. The smallest absolute Gasteiger partial charge is 0.199 e. The number of benzene rings is 2. The molecule has 3 nitrogen and oxygen atoms in total. The zero-order valence-electron chi connectivity index (χ0n) is 15.7. The number of hydrogen-bond donors (Lipinski definition) is 0. The van der Waals surface area contributed by atoms with Gasteiger partial charge in [0, 0.05) is 25.1 Å². The number of rotatable bonds is 2. The zero-order valence-corrected chi connectivity index (χ0v) is 15.7. The number of nitrogens with zero attached hydrogens (tertiary/aromatic N) is 3. The molecule has 0 atom stereocenters. The molecule has 4 aromatic rings. The molecule has 2 aromatic carbocycles. The highest BCUT2D eigenvalue weighted by molar-refractivity contribution is 5.79. The second-order valence-corrected chi connectivity index (χ2v) is 6.86. The van der Waals surface area contributed by atoms with Crippen LogP contribution in [0.4, 0.5) is 0 Å². The molecule has 128 valence electrons. The number of aromatic nitrogens is 3. The summed E-state index contributed by atoms with van der Waals surface area (Å²) in [5.74, 6) is 0. The van der Waals surface area contributed by atoms with E-state index in [1.54, 1.807) is 0 Å². The lowest BCUT2D eigenvalue weighted by Gasteiger charge is -2.11. The van der Waals surface area contributed by atoms with Crippen LogP contribution in [-0.4, -0.2) is 4.98 Å². The van der Waals surface area contributed by atoms with Crippen LogP contribution in [0.3, 0.4) is 0 Å². The summed E-state index contributed by atoms with van der Waals surface area (Å²) >= 11 is 0. The molecule has 0 saturated carbocycles. The molecule has 0 bridgehead atoms. The van der Waals surface area contributed by atoms with Gasteiger partial charge in [0.1, 0.15) is 11.4 Å². The predicted octanol–water partition coefficient (Wildman–Crippen LogP) is 4.02. The standard InChI is InChI=1S/C23H23N3/c1-16-13-22(25-12-8-7-9-17(25)2)18(3)23(14-16)26-15-24-21-11-6-5-10-20(21)19(26)4/h5-15H,1-4H3/q+2. The fourth-order valence-corrected chi connectivity index (χ4v) is 3.59. The third-order valence-corrected chi connectivity index (χ3v) is 5.05. The summed E-state index contributed by atoms with van der Waals surface area (Å²) in [4.78, 5) is 4.67. The van der Waals surface area contributed by atoms with Crippen LogP contribution in [0.5, 0.6) is 0 Å². The summed E-state index contributed by atoms with van der Waals surface area (Å²) in [6.07, 6.45) is 4.06. The summed E-state index contributed by atoms with van der Waals surface area (Å²) in [6, 6.07) is 19.1. The summed E-state index contributed by atoms with van der Waals surface area (Å²) in [7, 11) is 0. The van der Waals surface area contributed by atoms with Crippen LogP contribution in [0, 0.1) is 27.7 Å². The fraction of sp³-hybridized carbons (Fsp3) is 0.174. The van der Waals surface area contributed by atoms with E-state index in [0.29, 0.717) is 0 Å². The van der Waals surface area contributed by atoms with Gasteiger partial charge in [-0.1, -0.05) is 18.2 Å². The molecule has 0 saturated heterocycles. The largest absolute Gasteiger partial charge is 0.292 e. The zero-order chi connectivity index (χ0) is 18.3. The van der Waals surface area contributed by atoms with E-state index >= 15 is 0 Å². The van der Waals surface area contributed by atoms with Crippen LogP contribution in [-0.2, 0) is 0 Å². The van der Waals surface area contributed by atoms with Gasteiger partial charge in [-0.25, -0.2) is 0 Å². The van der Waals surface area contributed by atoms with Gasteiger partial charge in [0.15, 0.2) is 17.4 Å². The second kappa shape index (κ2) is 6.34. The Bertz CT molecular complexity index is 1130. The van der Waals surface area contributed by atoms with Crippen LogP contribution in [0.1, 0.15) is 22.5 Å². The molecule has 0 fully saturated rings.